The summed E-state index contributed by atoms with van der Waals surface area (Å²) in [6.45, 7) is 4.59. The molecule has 1 amide bonds. The Bertz CT molecular complexity index is 418. The van der Waals surface area contributed by atoms with Gasteiger partial charge in [-0.15, -0.1) is 0 Å². The van der Waals surface area contributed by atoms with Gasteiger partial charge in [0.25, 0.3) is 5.91 Å². The molecule has 1 aliphatic rings. The minimum Gasteiger partial charge on any atom is -0.320 e. The fourth-order valence-electron chi connectivity index (χ4n) is 1.83. The van der Waals surface area contributed by atoms with E-state index in [2.05, 4.69) is 0 Å². The van der Waals surface area contributed by atoms with Crippen LogP contribution < -0.4 is 10.8 Å². The lowest BCUT2D eigenvalue weighted by molar-refractivity contribution is -0.128. The standard InChI is InChI=1S/C13H18N2O2/c1-9(2)8-17-15-12-6-4-3-5-10(12)7-11(14)13(15)16/h3-6,9,11H,7-8,14H2,1-2H3/t11-/m0/s1. The van der Waals surface area contributed by atoms with E-state index < -0.39 is 6.04 Å². The molecule has 0 saturated carbocycles. The van der Waals surface area contributed by atoms with Crippen molar-refractivity contribution in [3.05, 3.63) is 29.8 Å². The van der Waals surface area contributed by atoms with Crippen molar-refractivity contribution in [2.45, 2.75) is 26.3 Å². The SMILES string of the molecule is CC(C)CON1C(=O)[C@@H](N)Cc2ccccc21. The van der Waals surface area contributed by atoms with Crippen LogP contribution in [0.25, 0.3) is 0 Å². The molecule has 1 aliphatic heterocycles. The van der Waals surface area contributed by atoms with E-state index in [1.165, 1.54) is 5.06 Å². The van der Waals surface area contributed by atoms with Crippen LogP contribution in [0.2, 0.25) is 0 Å². The van der Waals surface area contributed by atoms with Gasteiger partial charge in [0.15, 0.2) is 0 Å². The van der Waals surface area contributed by atoms with Crippen molar-refractivity contribution in [2.24, 2.45) is 11.7 Å². The van der Waals surface area contributed by atoms with Crippen LogP contribution in [-0.4, -0.2) is 18.6 Å². The molecule has 1 atom stereocenters. The van der Waals surface area contributed by atoms with Gasteiger partial charge in [0.2, 0.25) is 0 Å². The summed E-state index contributed by atoms with van der Waals surface area (Å²) in [7, 11) is 0. The molecule has 0 saturated heterocycles. The number of para-hydroxylation sites is 1. The quantitative estimate of drug-likeness (QED) is 0.862. The van der Waals surface area contributed by atoms with E-state index in [1.807, 2.05) is 38.1 Å². The summed E-state index contributed by atoms with van der Waals surface area (Å²) in [5, 5.41) is 1.35. The van der Waals surface area contributed by atoms with Gasteiger partial charge in [0, 0.05) is 0 Å². The molecule has 17 heavy (non-hydrogen) atoms. The number of rotatable bonds is 3. The summed E-state index contributed by atoms with van der Waals surface area (Å²) in [4.78, 5) is 17.5. The Kier molecular flexibility index (Phi) is 3.45. The van der Waals surface area contributed by atoms with Crippen molar-refractivity contribution in [2.75, 3.05) is 11.7 Å². The molecule has 1 heterocycles. The number of fused-ring (bicyclic) bond motifs is 1. The fraction of sp³-hybridized carbons (Fsp3) is 0.462. The third-order valence-corrected chi connectivity index (χ3v) is 2.70. The van der Waals surface area contributed by atoms with Crippen LogP contribution >= 0.6 is 0 Å². The van der Waals surface area contributed by atoms with Crippen LogP contribution in [0.3, 0.4) is 0 Å². The summed E-state index contributed by atoms with van der Waals surface area (Å²) in [6, 6.07) is 7.21. The molecule has 4 heteroatoms. The van der Waals surface area contributed by atoms with Crippen molar-refractivity contribution in [1.82, 2.24) is 0 Å². The number of carbonyl (C=O) groups is 1. The molecule has 4 nitrogen and oxygen atoms in total. The molecule has 1 aromatic rings. The Labute approximate surface area is 101 Å². The maximum absolute atomic E-state index is 12.0. The van der Waals surface area contributed by atoms with E-state index in [-0.39, 0.29) is 5.91 Å². The van der Waals surface area contributed by atoms with E-state index in [4.69, 9.17) is 10.6 Å². The highest BCUT2D eigenvalue weighted by Gasteiger charge is 2.31. The number of carbonyl (C=O) groups excluding carboxylic acids is 1. The Morgan fingerprint density at radius 2 is 2.18 bits per heavy atom. The second kappa shape index (κ2) is 4.85. The topological polar surface area (TPSA) is 55.6 Å². The van der Waals surface area contributed by atoms with Crippen molar-refractivity contribution >= 4 is 11.6 Å². The number of benzene rings is 1. The Morgan fingerprint density at radius 3 is 2.88 bits per heavy atom. The molecule has 2 N–H and O–H groups in total. The Balaban J connectivity index is 2.26. The van der Waals surface area contributed by atoms with Crippen LogP contribution in [0.1, 0.15) is 19.4 Å². The first-order valence-corrected chi connectivity index (χ1v) is 5.90. The van der Waals surface area contributed by atoms with Crippen LogP contribution in [0, 0.1) is 5.92 Å². The predicted octanol–water partition coefficient (Wildman–Crippen LogP) is 1.49. The fourth-order valence-corrected chi connectivity index (χ4v) is 1.83. The molecule has 0 aliphatic carbocycles. The first-order chi connectivity index (χ1) is 8.09. The number of nitrogens with zero attached hydrogens (tertiary/aromatic N) is 1. The molecule has 0 fully saturated rings. The average molecular weight is 234 g/mol. The maximum Gasteiger partial charge on any atom is 0.268 e. The highest BCUT2D eigenvalue weighted by atomic mass is 16.7. The lowest BCUT2D eigenvalue weighted by atomic mass is 9.99. The first-order valence-electron chi connectivity index (χ1n) is 5.90. The summed E-state index contributed by atoms with van der Waals surface area (Å²) in [5.74, 6) is 0.206. The van der Waals surface area contributed by atoms with Crippen molar-refractivity contribution in [3.8, 4) is 0 Å². The Hall–Kier alpha value is -1.39. The van der Waals surface area contributed by atoms with Gasteiger partial charge < -0.3 is 5.73 Å². The van der Waals surface area contributed by atoms with Gasteiger partial charge in [-0.1, -0.05) is 32.0 Å². The van der Waals surface area contributed by atoms with Gasteiger partial charge in [-0.05, 0) is 24.0 Å². The summed E-state index contributed by atoms with van der Waals surface area (Å²) in [5.41, 5.74) is 7.70. The van der Waals surface area contributed by atoms with Gasteiger partial charge in [-0.25, -0.2) is 0 Å². The van der Waals surface area contributed by atoms with Crippen LogP contribution in [0.5, 0.6) is 0 Å². The molecular formula is C13H18N2O2. The highest BCUT2D eigenvalue weighted by molar-refractivity contribution is 5.98. The number of anilines is 1. The highest BCUT2D eigenvalue weighted by Crippen LogP contribution is 2.27. The summed E-state index contributed by atoms with van der Waals surface area (Å²) < 4.78 is 0. The first kappa shape index (κ1) is 12.1. The number of nitrogens with two attached hydrogens (primary N) is 1. The maximum atomic E-state index is 12.0. The van der Waals surface area contributed by atoms with Gasteiger partial charge >= 0.3 is 0 Å². The zero-order valence-electron chi connectivity index (χ0n) is 10.2. The molecule has 2 rings (SSSR count). The zero-order valence-corrected chi connectivity index (χ0v) is 10.2. The second-order valence-electron chi connectivity index (χ2n) is 4.76. The van der Waals surface area contributed by atoms with E-state index in [9.17, 15) is 4.79 Å². The number of hydrogen-bond acceptors (Lipinski definition) is 3. The third-order valence-electron chi connectivity index (χ3n) is 2.70. The van der Waals surface area contributed by atoms with Gasteiger partial charge in [-0.2, -0.15) is 5.06 Å². The summed E-state index contributed by atoms with van der Waals surface area (Å²) >= 11 is 0. The van der Waals surface area contributed by atoms with Crippen molar-refractivity contribution < 1.29 is 9.63 Å². The molecule has 92 valence electrons. The Morgan fingerprint density at radius 1 is 1.47 bits per heavy atom. The van der Waals surface area contributed by atoms with Crippen molar-refractivity contribution in [1.29, 1.82) is 0 Å². The second-order valence-corrected chi connectivity index (χ2v) is 4.76. The van der Waals surface area contributed by atoms with E-state index in [1.54, 1.807) is 0 Å². The lowest BCUT2D eigenvalue weighted by Gasteiger charge is -2.31. The molecule has 0 bridgehead atoms. The third kappa shape index (κ3) is 2.48. The summed E-state index contributed by atoms with van der Waals surface area (Å²) in [6.07, 6.45) is 0.580. The number of hydrogen-bond donors (Lipinski definition) is 1. The van der Waals surface area contributed by atoms with Crippen LogP contribution in [0.15, 0.2) is 24.3 Å². The van der Waals surface area contributed by atoms with Gasteiger partial charge in [0.1, 0.15) is 0 Å². The molecule has 0 radical (unpaired) electrons. The van der Waals surface area contributed by atoms with E-state index in [0.717, 1.165) is 11.3 Å². The number of amides is 1. The average Bonchev–Trinajstić information content (AvgIpc) is 2.29. The van der Waals surface area contributed by atoms with E-state index in [0.29, 0.717) is 18.9 Å². The molecule has 0 aromatic heterocycles. The number of hydroxylamine groups is 1. The molecule has 0 unspecified atom stereocenters. The molecule has 0 spiro atoms. The largest absolute Gasteiger partial charge is 0.320 e. The van der Waals surface area contributed by atoms with Crippen LogP contribution in [-0.2, 0) is 16.1 Å². The van der Waals surface area contributed by atoms with Gasteiger partial charge in [0.05, 0.1) is 18.3 Å². The van der Waals surface area contributed by atoms with Crippen LogP contribution in [0.4, 0.5) is 5.69 Å². The smallest absolute Gasteiger partial charge is 0.268 e. The van der Waals surface area contributed by atoms with Gasteiger partial charge in [-0.3, -0.25) is 9.63 Å². The van der Waals surface area contributed by atoms with E-state index >= 15 is 0 Å². The molecular weight excluding hydrogens is 216 g/mol. The molecule has 1 aromatic carbocycles. The predicted molar refractivity (Wildman–Crippen MR) is 66.4 cm³/mol. The minimum atomic E-state index is -0.503. The van der Waals surface area contributed by atoms with Crippen molar-refractivity contribution in [3.63, 3.8) is 0 Å². The minimum absolute atomic E-state index is 0.163. The zero-order chi connectivity index (χ0) is 12.4. The monoisotopic (exact) mass is 234 g/mol. The lowest BCUT2D eigenvalue weighted by Crippen LogP contribution is -2.49. The normalized spacial score (nSPS) is 19.6.